The molecule has 2 aromatic rings. The lowest BCUT2D eigenvalue weighted by Gasteiger charge is -2.08. The first-order chi connectivity index (χ1) is 9.63. The van der Waals surface area contributed by atoms with Crippen LogP contribution in [0.1, 0.15) is 26.3 Å². The van der Waals surface area contributed by atoms with Gasteiger partial charge in [-0.1, -0.05) is 52.3 Å². The van der Waals surface area contributed by atoms with E-state index in [9.17, 15) is 9.59 Å². The van der Waals surface area contributed by atoms with Crippen molar-refractivity contribution in [1.29, 1.82) is 0 Å². The molecule has 0 bridgehead atoms. The fraction of sp³-hybridized carbons (Fsp3) is 0.125. The van der Waals surface area contributed by atoms with E-state index in [0.29, 0.717) is 16.7 Å². The minimum atomic E-state index is -0.430. The molecule has 102 valence electrons. The summed E-state index contributed by atoms with van der Waals surface area (Å²) in [6, 6.07) is 14.2. The maximum atomic E-state index is 12.3. The third kappa shape index (κ3) is 3.14. The van der Waals surface area contributed by atoms with E-state index in [-0.39, 0.29) is 12.2 Å². The number of halogens is 1. The maximum Gasteiger partial charge on any atom is 0.338 e. The normalized spacial score (nSPS) is 10.1. The van der Waals surface area contributed by atoms with E-state index in [1.54, 1.807) is 30.3 Å². The van der Waals surface area contributed by atoms with Crippen molar-refractivity contribution in [2.24, 2.45) is 0 Å². The van der Waals surface area contributed by atoms with Gasteiger partial charge in [-0.3, -0.25) is 4.79 Å². The van der Waals surface area contributed by atoms with E-state index in [2.05, 4.69) is 15.9 Å². The molecule has 0 aliphatic rings. The van der Waals surface area contributed by atoms with Crippen molar-refractivity contribution in [2.75, 3.05) is 7.11 Å². The molecule has 0 aliphatic heterocycles. The van der Waals surface area contributed by atoms with E-state index in [1.165, 1.54) is 7.11 Å². The minimum absolute atomic E-state index is 0.0474. The molecule has 0 heterocycles. The molecule has 0 amide bonds. The van der Waals surface area contributed by atoms with Gasteiger partial charge >= 0.3 is 5.97 Å². The smallest absolute Gasteiger partial charge is 0.338 e. The standard InChI is InChI=1S/C16H13BrO3/c1-20-16(19)12-7-3-2-6-11(12)10-15(18)13-8-4-5-9-14(13)17/h2-9H,10H2,1H3. The molecule has 0 unspecified atom stereocenters. The predicted octanol–water partition coefficient (Wildman–Crippen LogP) is 3.66. The van der Waals surface area contributed by atoms with Crippen LogP contribution in [0.5, 0.6) is 0 Å². The number of benzene rings is 2. The van der Waals surface area contributed by atoms with Gasteiger partial charge in [0.15, 0.2) is 5.78 Å². The lowest BCUT2D eigenvalue weighted by Crippen LogP contribution is -2.10. The number of esters is 1. The molecule has 2 rings (SSSR count). The number of ketones is 1. The summed E-state index contributed by atoms with van der Waals surface area (Å²) in [5.41, 5.74) is 1.70. The molecule has 0 fully saturated rings. The molecule has 4 heteroatoms. The summed E-state index contributed by atoms with van der Waals surface area (Å²) in [4.78, 5) is 24.0. The zero-order valence-corrected chi connectivity index (χ0v) is 12.5. The molecule has 0 saturated carbocycles. The third-order valence-corrected chi connectivity index (χ3v) is 3.64. The Kier molecular flexibility index (Phi) is 4.69. The maximum absolute atomic E-state index is 12.3. The van der Waals surface area contributed by atoms with Crippen molar-refractivity contribution >= 4 is 27.7 Å². The molecule has 2 aromatic carbocycles. The van der Waals surface area contributed by atoms with Gasteiger partial charge in [0, 0.05) is 16.5 Å². The highest BCUT2D eigenvalue weighted by molar-refractivity contribution is 9.10. The average Bonchev–Trinajstić information content (AvgIpc) is 2.47. The Labute approximate surface area is 125 Å². The van der Waals surface area contributed by atoms with Gasteiger partial charge in [0.05, 0.1) is 12.7 Å². The Morgan fingerprint density at radius 2 is 1.60 bits per heavy atom. The van der Waals surface area contributed by atoms with Gasteiger partial charge in [-0.25, -0.2) is 4.79 Å². The number of methoxy groups -OCH3 is 1. The molecule has 0 aromatic heterocycles. The number of hydrogen-bond donors (Lipinski definition) is 0. The van der Waals surface area contributed by atoms with Gasteiger partial charge in [0.25, 0.3) is 0 Å². The molecule has 0 spiro atoms. The SMILES string of the molecule is COC(=O)c1ccccc1CC(=O)c1ccccc1Br. The molecule has 0 radical (unpaired) electrons. The summed E-state index contributed by atoms with van der Waals surface area (Å²) < 4.78 is 5.48. The Morgan fingerprint density at radius 3 is 2.25 bits per heavy atom. The number of hydrogen-bond acceptors (Lipinski definition) is 3. The van der Waals surface area contributed by atoms with Gasteiger partial charge in [0.1, 0.15) is 0 Å². The van der Waals surface area contributed by atoms with Crippen molar-refractivity contribution in [2.45, 2.75) is 6.42 Å². The van der Waals surface area contributed by atoms with Crippen LogP contribution in [0.25, 0.3) is 0 Å². The van der Waals surface area contributed by atoms with Crippen molar-refractivity contribution in [3.63, 3.8) is 0 Å². The first-order valence-electron chi connectivity index (χ1n) is 6.07. The van der Waals surface area contributed by atoms with Gasteiger partial charge < -0.3 is 4.74 Å². The quantitative estimate of drug-likeness (QED) is 0.633. The predicted molar refractivity (Wildman–Crippen MR) is 80.0 cm³/mol. The Bertz CT molecular complexity index is 650. The van der Waals surface area contributed by atoms with Crippen LogP contribution in [0.3, 0.4) is 0 Å². The van der Waals surface area contributed by atoms with E-state index in [4.69, 9.17) is 4.74 Å². The van der Waals surface area contributed by atoms with Crippen LogP contribution < -0.4 is 0 Å². The molecule has 0 aliphatic carbocycles. The molecule has 3 nitrogen and oxygen atoms in total. The second-order valence-corrected chi connectivity index (χ2v) is 5.08. The molecular weight excluding hydrogens is 320 g/mol. The minimum Gasteiger partial charge on any atom is -0.465 e. The summed E-state index contributed by atoms with van der Waals surface area (Å²) >= 11 is 3.36. The summed E-state index contributed by atoms with van der Waals surface area (Å²) in [5.74, 6) is -0.477. The highest BCUT2D eigenvalue weighted by Crippen LogP contribution is 2.19. The van der Waals surface area contributed by atoms with Crippen LogP contribution in [0.4, 0.5) is 0 Å². The van der Waals surface area contributed by atoms with Crippen molar-refractivity contribution < 1.29 is 14.3 Å². The average molecular weight is 333 g/mol. The van der Waals surface area contributed by atoms with Gasteiger partial charge in [0.2, 0.25) is 0 Å². The lowest BCUT2D eigenvalue weighted by atomic mass is 9.99. The van der Waals surface area contributed by atoms with E-state index in [1.807, 2.05) is 18.2 Å². The van der Waals surface area contributed by atoms with Crippen LogP contribution in [0.2, 0.25) is 0 Å². The fourth-order valence-electron chi connectivity index (χ4n) is 1.94. The summed E-state index contributed by atoms with van der Waals surface area (Å²) in [5, 5.41) is 0. The Morgan fingerprint density at radius 1 is 1.00 bits per heavy atom. The number of Topliss-reactive ketones (excluding diaryl/α,β-unsaturated/α-hetero) is 1. The molecular formula is C16H13BrO3. The zero-order valence-electron chi connectivity index (χ0n) is 10.9. The number of carbonyl (C=O) groups is 2. The van der Waals surface area contributed by atoms with Crippen molar-refractivity contribution in [3.8, 4) is 0 Å². The molecule has 20 heavy (non-hydrogen) atoms. The second kappa shape index (κ2) is 6.48. The highest BCUT2D eigenvalue weighted by Gasteiger charge is 2.16. The Balaban J connectivity index is 2.29. The van der Waals surface area contributed by atoms with Gasteiger partial charge in [-0.05, 0) is 17.7 Å². The van der Waals surface area contributed by atoms with Gasteiger partial charge in [-0.2, -0.15) is 0 Å². The highest BCUT2D eigenvalue weighted by atomic mass is 79.9. The van der Waals surface area contributed by atoms with Crippen LogP contribution in [-0.2, 0) is 11.2 Å². The van der Waals surface area contributed by atoms with Crippen molar-refractivity contribution in [1.82, 2.24) is 0 Å². The van der Waals surface area contributed by atoms with E-state index >= 15 is 0 Å². The van der Waals surface area contributed by atoms with Crippen LogP contribution in [0, 0.1) is 0 Å². The number of carbonyl (C=O) groups excluding carboxylic acids is 2. The fourth-order valence-corrected chi connectivity index (χ4v) is 2.44. The zero-order chi connectivity index (χ0) is 14.5. The largest absolute Gasteiger partial charge is 0.465 e. The van der Waals surface area contributed by atoms with Gasteiger partial charge in [-0.15, -0.1) is 0 Å². The first kappa shape index (κ1) is 14.5. The lowest BCUT2D eigenvalue weighted by molar-refractivity contribution is 0.0599. The van der Waals surface area contributed by atoms with E-state index in [0.717, 1.165) is 4.47 Å². The Hall–Kier alpha value is -1.94. The summed E-state index contributed by atoms with van der Waals surface area (Å²) in [6.07, 6.45) is 0.161. The third-order valence-electron chi connectivity index (χ3n) is 2.95. The number of rotatable bonds is 4. The van der Waals surface area contributed by atoms with Crippen molar-refractivity contribution in [3.05, 3.63) is 69.7 Å². The van der Waals surface area contributed by atoms with Crippen LogP contribution in [0.15, 0.2) is 53.0 Å². The van der Waals surface area contributed by atoms with Crippen LogP contribution >= 0.6 is 15.9 Å². The first-order valence-corrected chi connectivity index (χ1v) is 6.86. The topological polar surface area (TPSA) is 43.4 Å². The molecule has 0 saturated heterocycles. The second-order valence-electron chi connectivity index (χ2n) is 4.23. The summed E-state index contributed by atoms with van der Waals surface area (Å²) in [6.45, 7) is 0. The van der Waals surface area contributed by atoms with Crippen LogP contribution in [-0.4, -0.2) is 18.9 Å². The number of ether oxygens (including phenoxy) is 1. The monoisotopic (exact) mass is 332 g/mol. The van der Waals surface area contributed by atoms with E-state index < -0.39 is 5.97 Å². The summed E-state index contributed by atoms with van der Waals surface area (Å²) in [7, 11) is 1.33. The molecule has 0 N–H and O–H groups in total. The molecule has 0 atom stereocenters.